The van der Waals surface area contributed by atoms with Gasteiger partial charge in [-0.05, 0) is 24.4 Å². The lowest BCUT2D eigenvalue weighted by Crippen LogP contribution is -2.38. The summed E-state index contributed by atoms with van der Waals surface area (Å²) >= 11 is 0. The largest absolute Gasteiger partial charge is 0.536 e. The van der Waals surface area contributed by atoms with Crippen LogP contribution in [0.15, 0.2) is 42.6 Å². The molecule has 0 aliphatic rings. The zero-order valence-electron chi connectivity index (χ0n) is 10.7. The van der Waals surface area contributed by atoms with Crippen molar-refractivity contribution >= 4 is 24.4 Å². The second-order valence-electron chi connectivity index (χ2n) is 4.56. The van der Waals surface area contributed by atoms with Crippen LogP contribution in [0.1, 0.15) is 19.4 Å². The summed E-state index contributed by atoms with van der Waals surface area (Å²) in [6.07, 6.45) is 6.53. The number of hydrogen-bond donors (Lipinski definition) is 0. The van der Waals surface area contributed by atoms with Gasteiger partial charge < -0.3 is 0 Å². The number of benzene rings is 1. The molecule has 1 heterocycles. The summed E-state index contributed by atoms with van der Waals surface area (Å²) in [5, 5.41) is 1.30. The molecule has 0 unspecified atom stereocenters. The van der Waals surface area contributed by atoms with Gasteiger partial charge in [0.2, 0.25) is 0 Å². The van der Waals surface area contributed by atoms with Crippen LogP contribution in [0.4, 0.5) is 0 Å². The van der Waals surface area contributed by atoms with Crippen molar-refractivity contribution in [3.63, 3.8) is 0 Å². The highest BCUT2D eigenvalue weighted by molar-refractivity contribution is 6.23. The predicted molar refractivity (Wildman–Crippen MR) is 75.0 cm³/mol. The lowest BCUT2D eigenvalue weighted by molar-refractivity contribution is -0.498. The summed E-state index contributed by atoms with van der Waals surface area (Å²) in [6.45, 7) is 6.44. The highest BCUT2D eigenvalue weighted by atomic mass is 14.8. The van der Waals surface area contributed by atoms with Gasteiger partial charge >= 0.3 is 7.41 Å². The van der Waals surface area contributed by atoms with Gasteiger partial charge in [0.25, 0.3) is 0 Å². The molecule has 0 saturated heterocycles. The molecule has 0 spiro atoms. The Morgan fingerprint density at radius 3 is 2.71 bits per heavy atom. The number of nitrogens with zero attached hydrogens (tertiary/aromatic N) is 1. The SMILES string of the molecule is C[B][n+]1cccc2c(/C=C/C(C)C)cccc21. The zero-order valence-corrected chi connectivity index (χ0v) is 10.7. The van der Waals surface area contributed by atoms with E-state index in [9.17, 15) is 0 Å². The number of pyridine rings is 1. The number of fused-ring (bicyclic) bond motifs is 1. The predicted octanol–water partition coefficient (Wildman–Crippen LogP) is 3.31. The molecule has 0 N–H and O–H groups in total. The van der Waals surface area contributed by atoms with Gasteiger partial charge in [-0.1, -0.05) is 38.1 Å². The van der Waals surface area contributed by atoms with Gasteiger partial charge in [0.1, 0.15) is 6.20 Å². The Balaban J connectivity index is 2.58. The first kappa shape index (κ1) is 11.9. The topological polar surface area (TPSA) is 3.88 Å². The first-order valence-corrected chi connectivity index (χ1v) is 6.13. The number of rotatable bonds is 3. The molecule has 2 aromatic rings. The summed E-state index contributed by atoms with van der Waals surface area (Å²) in [5.74, 6) is 0.582. The van der Waals surface area contributed by atoms with Gasteiger partial charge in [0.05, 0.1) is 5.39 Å². The third-order valence-electron chi connectivity index (χ3n) is 2.84. The average Bonchev–Trinajstić information content (AvgIpc) is 2.35. The van der Waals surface area contributed by atoms with E-state index in [2.05, 4.69) is 81.2 Å². The Kier molecular flexibility index (Phi) is 3.63. The number of allylic oxidation sites excluding steroid dienone is 1. The quantitative estimate of drug-likeness (QED) is 0.703. The van der Waals surface area contributed by atoms with Crippen LogP contribution in [0.25, 0.3) is 17.0 Å². The fraction of sp³-hybridized carbons (Fsp3) is 0.267. The van der Waals surface area contributed by atoms with E-state index in [1.54, 1.807) is 0 Å². The number of hydrogen-bond acceptors (Lipinski definition) is 0. The van der Waals surface area contributed by atoms with Crippen LogP contribution in [0, 0.1) is 5.92 Å². The number of aromatic nitrogens is 1. The van der Waals surface area contributed by atoms with Gasteiger partial charge in [-0.25, -0.2) is 0 Å². The van der Waals surface area contributed by atoms with E-state index in [-0.39, 0.29) is 0 Å². The molecule has 1 radical (unpaired) electrons. The maximum Gasteiger partial charge on any atom is 0.536 e. The highest BCUT2D eigenvalue weighted by Crippen LogP contribution is 2.17. The molecular weight excluding hydrogens is 205 g/mol. The molecule has 0 aliphatic carbocycles. The van der Waals surface area contributed by atoms with E-state index in [4.69, 9.17) is 0 Å². The second-order valence-corrected chi connectivity index (χ2v) is 4.56. The monoisotopic (exact) mass is 223 g/mol. The summed E-state index contributed by atoms with van der Waals surface area (Å²) in [4.78, 5) is 0. The van der Waals surface area contributed by atoms with Crippen molar-refractivity contribution in [1.82, 2.24) is 0 Å². The Morgan fingerprint density at radius 1 is 1.18 bits per heavy atom. The third kappa shape index (κ3) is 2.58. The van der Waals surface area contributed by atoms with E-state index < -0.39 is 0 Å². The molecule has 0 fully saturated rings. The van der Waals surface area contributed by atoms with Gasteiger partial charge in [0.15, 0.2) is 5.52 Å². The van der Waals surface area contributed by atoms with Crippen LogP contribution in [-0.4, -0.2) is 7.41 Å². The molecule has 0 bridgehead atoms. The lowest BCUT2D eigenvalue weighted by Gasteiger charge is -2.02. The first-order valence-electron chi connectivity index (χ1n) is 6.13. The molecule has 1 aromatic heterocycles. The van der Waals surface area contributed by atoms with Crippen LogP contribution in [-0.2, 0) is 0 Å². The fourth-order valence-electron chi connectivity index (χ4n) is 1.96. The Bertz CT molecular complexity index is 544. The van der Waals surface area contributed by atoms with E-state index in [0.717, 1.165) is 0 Å². The van der Waals surface area contributed by atoms with Crippen molar-refractivity contribution < 1.29 is 4.48 Å². The molecular formula is C15H18BN+. The fourth-order valence-corrected chi connectivity index (χ4v) is 1.96. The lowest BCUT2D eigenvalue weighted by atomic mass is 9.96. The smallest absolute Gasteiger partial charge is 0.285 e. The maximum absolute atomic E-state index is 2.24. The van der Waals surface area contributed by atoms with Gasteiger partial charge in [-0.15, -0.1) is 0 Å². The van der Waals surface area contributed by atoms with Gasteiger partial charge in [-0.2, -0.15) is 0 Å². The second kappa shape index (κ2) is 5.18. The molecule has 0 amide bonds. The standard InChI is InChI=1S/C15H18BN/c1-12(2)9-10-13-6-4-8-15-14(13)7-5-11-17(15)16-3/h4-12H,1-3H3/q+1/b10-9+. The van der Waals surface area contributed by atoms with Crippen molar-refractivity contribution in [1.29, 1.82) is 0 Å². The van der Waals surface area contributed by atoms with E-state index >= 15 is 0 Å². The molecule has 1 aromatic carbocycles. The average molecular weight is 223 g/mol. The normalized spacial score (nSPS) is 11.5. The minimum absolute atomic E-state index is 0.582. The van der Waals surface area contributed by atoms with Crippen LogP contribution in [0.3, 0.4) is 0 Å². The molecule has 1 nitrogen and oxygen atoms in total. The maximum atomic E-state index is 2.24. The van der Waals surface area contributed by atoms with E-state index in [1.807, 2.05) is 0 Å². The summed E-state index contributed by atoms with van der Waals surface area (Å²) < 4.78 is 2.15. The Hall–Kier alpha value is -1.57. The molecule has 0 atom stereocenters. The van der Waals surface area contributed by atoms with Crippen LogP contribution in [0.5, 0.6) is 0 Å². The Morgan fingerprint density at radius 2 is 2.00 bits per heavy atom. The first-order chi connectivity index (χ1) is 8.22. The summed E-state index contributed by atoms with van der Waals surface area (Å²) in [7, 11) is 2.08. The Labute approximate surface area is 104 Å². The van der Waals surface area contributed by atoms with Crippen LogP contribution >= 0.6 is 0 Å². The van der Waals surface area contributed by atoms with Crippen molar-refractivity contribution in [3.05, 3.63) is 48.2 Å². The molecule has 85 valence electrons. The van der Waals surface area contributed by atoms with Crippen molar-refractivity contribution in [2.45, 2.75) is 20.7 Å². The van der Waals surface area contributed by atoms with Gasteiger partial charge in [0, 0.05) is 12.1 Å². The van der Waals surface area contributed by atoms with Crippen LogP contribution in [0.2, 0.25) is 6.82 Å². The van der Waals surface area contributed by atoms with Crippen molar-refractivity contribution in [2.24, 2.45) is 5.92 Å². The molecule has 17 heavy (non-hydrogen) atoms. The molecule has 2 rings (SSSR count). The van der Waals surface area contributed by atoms with E-state index in [1.165, 1.54) is 16.5 Å². The highest BCUT2D eigenvalue weighted by Gasteiger charge is 2.09. The van der Waals surface area contributed by atoms with Crippen molar-refractivity contribution in [3.8, 4) is 0 Å². The minimum atomic E-state index is 0.582. The summed E-state index contributed by atoms with van der Waals surface area (Å²) in [5.41, 5.74) is 2.54. The third-order valence-corrected chi connectivity index (χ3v) is 2.84. The summed E-state index contributed by atoms with van der Waals surface area (Å²) in [6, 6.07) is 10.7. The van der Waals surface area contributed by atoms with Gasteiger partial charge in [-0.3, -0.25) is 4.48 Å². The molecule has 0 saturated carbocycles. The molecule has 2 heteroatoms. The minimum Gasteiger partial charge on any atom is -0.285 e. The molecule has 0 aliphatic heterocycles. The van der Waals surface area contributed by atoms with Crippen LogP contribution < -0.4 is 4.48 Å². The van der Waals surface area contributed by atoms with E-state index in [0.29, 0.717) is 5.92 Å². The van der Waals surface area contributed by atoms with Crippen molar-refractivity contribution in [2.75, 3.05) is 0 Å². The zero-order chi connectivity index (χ0) is 12.3.